The SMILES string of the molecule is Cc1ccc(OCc2ccc(C(=O)N3CC(O)C3)o2)c(C)c1. The lowest BCUT2D eigenvalue weighted by Gasteiger charge is -2.35. The number of amides is 1. The summed E-state index contributed by atoms with van der Waals surface area (Å²) in [5, 5.41) is 9.23. The van der Waals surface area contributed by atoms with Crippen molar-refractivity contribution in [3.8, 4) is 5.75 Å². The summed E-state index contributed by atoms with van der Waals surface area (Å²) in [4.78, 5) is 13.6. The molecule has 0 saturated carbocycles. The van der Waals surface area contributed by atoms with Crippen LogP contribution in [0.25, 0.3) is 0 Å². The smallest absolute Gasteiger partial charge is 0.289 e. The van der Waals surface area contributed by atoms with Gasteiger partial charge < -0.3 is 19.2 Å². The third-order valence-electron chi connectivity index (χ3n) is 3.72. The Balaban J connectivity index is 1.61. The minimum atomic E-state index is -0.411. The van der Waals surface area contributed by atoms with Gasteiger partial charge in [0.05, 0.1) is 6.10 Å². The van der Waals surface area contributed by atoms with E-state index >= 15 is 0 Å². The number of furan rings is 1. The summed E-state index contributed by atoms with van der Waals surface area (Å²) >= 11 is 0. The Labute approximate surface area is 129 Å². The van der Waals surface area contributed by atoms with Crippen molar-refractivity contribution in [2.45, 2.75) is 26.6 Å². The molecule has 0 unspecified atom stereocenters. The Morgan fingerprint density at radius 1 is 1.32 bits per heavy atom. The predicted molar refractivity (Wildman–Crippen MR) is 80.9 cm³/mol. The van der Waals surface area contributed by atoms with E-state index in [4.69, 9.17) is 9.15 Å². The standard InChI is InChI=1S/C17H19NO4/c1-11-3-5-15(12(2)7-11)21-10-14-4-6-16(22-14)17(20)18-8-13(19)9-18/h3-7,13,19H,8-10H2,1-2H3. The highest BCUT2D eigenvalue weighted by Crippen LogP contribution is 2.21. The van der Waals surface area contributed by atoms with Crippen LogP contribution in [0.3, 0.4) is 0 Å². The summed E-state index contributed by atoms with van der Waals surface area (Å²) in [5.74, 6) is 1.50. The van der Waals surface area contributed by atoms with Gasteiger partial charge in [-0.3, -0.25) is 4.79 Å². The van der Waals surface area contributed by atoms with Gasteiger partial charge >= 0.3 is 0 Å². The first-order valence-electron chi connectivity index (χ1n) is 7.29. The lowest BCUT2D eigenvalue weighted by molar-refractivity contribution is 0.00375. The lowest BCUT2D eigenvalue weighted by Crippen LogP contribution is -2.53. The van der Waals surface area contributed by atoms with Crippen molar-refractivity contribution in [3.63, 3.8) is 0 Å². The number of carbonyl (C=O) groups is 1. The molecule has 5 heteroatoms. The molecular formula is C17H19NO4. The fourth-order valence-corrected chi connectivity index (χ4v) is 2.46. The first kappa shape index (κ1) is 14.7. The molecule has 1 aromatic heterocycles. The molecule has 3 rings (SSSR count). The summed E-state index contributed by atoms with van der Waals surface area (Å²) < 4.78 is 11.3. The zero-order valence-corrected chi connectivity index (χ0v) is 12.7. The summed E-state index contributed by atoms with van der Waals surface area (Å²) in [6.07, 6.45) is -0.411. The second-order valence-corrected chi connectivity index (χ2v) is 5.69. The Kier molecular flexibility index (Phi) is 3.90. The van der Waals surface area contributed by atoms with Gasteiger partial charge in [-0.2, -0.15) is 0 Å². The zero-order valence-electron chi connectivity index (χ0n) is 12.7. The van der Waals surface area contributed by atoms with Gasteiger partial charge in [0.2, 0.25) is 0 Å². The van der Waals surface area contributed by atoms with Gasteiger partial charge in [-0.05, 0) is 37.6 Å². The van der Waals surface area contributed by atoms with E-state index in [1.54, 1.807) is 17.0 Å². The zero-order chi connectivity index (χ0) is 15.7. The van der Waals surface area contributed by atoms with Gasteiger partial charge in [0, 0.05) is 13.1 Å². The number of nitrogens with zero attached hydrogens (tertiary/aromatic N) is 1. The summed E-state index contributed by atoms with van der Waals surface area (Å²) in [5.41, 5.74) is 2.25. The van der Waals surface area contributed by atoms with E-state index in [1.807, 2.05) is 26.0 Å². The molecule has 1 aliphatic rings. The molecule has 1 aromatic carbocycles. The van der Waals surface area contributed by atoms with Crippen LogP contribution in [0.1, 0.15) is 27.4 Å². The predicted octanol–water partition coefficient (Wildman–Crippen LogP) is 2.29. The number of aliphatic hydroxyl groups is 1. The number of rotatable bonds is 4. The first-order valence-corrected chi connectivity index (χ1v) is 7.29. The molecule has 0 bridgehead atoms. The van der Waals surface area contributed by atoms with E-state index in [0.717, 1.165) is 11.3 Å². The highest BCUT2D eigenvalue weighted by molar-refractivity contribution is 5.92. The van der Waals surface area contributed by atoms with Crippen molar-refractivity contribution >= 4 is 5.91 Å². The van der Waals surface area contributed by atoms with Crippen molar-refractivity contribution in [1.29, 1.82) is 0 Å². The maximum Gasteiger partial charge on any atom is 0.289 e. The summed E-state index contributed by atoms with van der Waals surface area (Å²) in [6.45, 7) is 5.05. The molecule has 2 heterocycles. The molecule has 0 spiro atoms. The number of ether oxygens (including phenoxy) is 1. The minimum Gasteiger partial charge on any atom is -0.485 e. The highest BCUT2D eigenvalue weighted by atomic mass is 16.5. The Hall–Kier alpha value is -2.27. The Morgan fingerprint density at radius 3 is 2.77 bits per heavy atom. The van der Waals surface area contributed by atoms with Gasteiger partial charge in [-0.15, -0.1) is 0 Å². The van der Waals surface area contributed by atoms with E-state index in [0.29, 0.717) is 18.8 Å². The topological polar surface area (TPSA) is 62.9 Å². The van der Waals surface area contributed by atoms with Gasteiger partial charge in [-0.1, -0.05) is 17.7 Å². The number of aryl methyl sites for hydroxylation is 2. The van der Waals surface area contributed by atoms with Gasteiger partial charge in [0.25, 0.3) is 5.91 Å². The molecular weight excluding hydrogens is 282 g/mol. The summed E-state index contributed by atoms with van der Waals surface area (Å²) in [7, 11) is 0. The number of hydrogen-bond acceptors (Lipinski definition) is 4. The average molecular weight is 301 g/mol. The van der Waals surface area contributed by atoms with Crippen molar-refractivity contribution < 1.29 is 19.1 Å². The first-order chi connectivity index (χ1) is 10.5. The van der Waals surface area contributed by atoms with Gasteiger partial charge in [0.15, 0.2) is 5.76 Å². The third kappa shape index (κ3) is 2.99. The van der Waals surface area contributed by atoms with Crippen LogP contribution in [0.5, 0.6) is 5.75 Å². The van der Waals surface area contributed by atoms with Gasteiger partial charge in [0.1, 0.15) is 18.1 Å². The van der Waals surface area contributed by atoms with Crippen LogP contribution >= 0.6 is 0 Å². The molecule has 116 valence electrons. The molecule has 5 nitrogen and oxygen atoms in total. The summed E-state index contributed by atoms with van der Waals surface area (Å²) in [6, 6.07) is 9.37. The van der Waals surface area contributed by atoms with Gasteiger partial charge in [-0.25, -0.2) is 0 Å². The number of aliphatic hydroxyl groups excluding tert-OH is 1. The molecule has 1 fully saturated rings. The fraction of sp³-hybridized carbons (Fsp3) is 0.353. The fourth-order valence-electron chi connectivity index (χ4n) is 2.46. The molecule has 1 amide bonds. The van der Waals surface area contributed by atoms with Crippen molar-refractivity contribution in [2.24, 2.45) is 0 Å². The van der Waals surface area contributed by atoms with E-state index in [1.165, 1.54) is 5.56 Å². The van der Waals surface area contributed by atoms with Crippen LogP contribution in [0, 0.1) is 13.8 Å². The maximum absolute atomic E-state index is 12.0. The lowest BCUT2D eigenvalue weighted by atomic mass is 10.1. The third-order valence-corrected chi connectivity index (χ3v) is 3.72. The Bertz CT molecular complexity index is 686. The largest absolute Gasteiger partial charge is 0.485 e. The number of likely N-dealkylation sites (tertiary alicyclic amines) is 1. The Morgan fingerprint density at radius 2 is 2.09 bits per heavy atom. The van der Waals surface area contributed by atoms with Crippen LogP contribution in [-0.2, 0) is 6.61 Å². The van der Waals surface area contributed by atoms with E-state index in [2.05, 4.69) is 6.07 Å². The number of hydrogen-bond donors (Lipinski definition) is 1. The molecule has 1 saturated heterocycles. The quantitative estimate of drug-likeness (QED) is 0.941. The van der Waals surface area contributed by atoms with E-state index in [-0.39, 0.29) is 18.3 Å². The van der Waals surface area contributed by atoms with Crippen LogP contribution < -0.4 is 4.74 Å². The molecule has 1 N–H and O–H groups in total. The van der Waals surface area contributed by atoms with Crippen molar-refractivity contribution in [2.75, 3.05) is 13.1 Å². The van der Waals surface area contributed by atoms with Crippen LogP contribution in [0.15, 0.2) is 34.7 Å². The molecule has 22 heavy (non-hydrogen) atoms. The van der Waals surface area contributed by atoms with Crippen molar-refractivity contribution in [3.05, 3.63) is 53.0 Å². The normalized spacial score (nSPS) is 14.8. The molecule has 0 aliphatic carbocycles. The number of benzene rings is 1. The van der Waals surface area contributed by atoms with E-state index in [9.17, 15) is 9.90 Å². The molecule has 1 aliphatic heterocycles. The average Bonchev–Trinajstić information content (AvgIpc) is 2.91. The monoisotopic (exact) mass is 301 g/mol. The molecule has 2 aromatic rings. The van der Waals surface area contributed by atoms with Crippen LogP contribution in [0.2, 0.25) is 0 Å². The van der Waals surface area contributed by atoms with Crippen LogP contribution in [0.4, 0.5) is 0 Å². The number of β-amino-alcohol motifs (C(OH)–C–C–N with tert-alkyl or cyclic N) is 1. The number of carbonyl (C=O) groups excluding carboxylic acids is 1. The minimum absolute atomic E-state index is 0.192. The van der Waals surface area contributed by atoms with Crippen LogP contribution in [-0.4, -0.2) is 35.1 Å². The second-order valence-electron chi connectivity index (χ2n) is 5.69. The highest BCUT2D eigenvalue weighted by Gasteiger charge is 2.31. The molecule has 0 radical (unpaired) electrons. The van der Waals surface area contributed by atoms with E-state index < -0.39 is 6.10 Å². The maximum atomic E-state index is 12.0. The second kappa shape index (κ2) is 5.85. The van der Waals surface area contributed by atoms with Crippen molar-refractivity contribution in [1.82, 2.24) is 4.90 Å². The molecule has 0 atom stereocenters.